The van der Waals surface area contributed by atoms with Crippen LogP contribution in [0.1, 0.15) is 5.56 Å². The summed E-state index contributed by atoms with van der Waals surface area (Å²) in [5, 5.41) is 8.91. The maximum atomic E-state index is 12.2. The Balaban J connectivity index is 2.07. The summed E-state index contributed by atoms with van der Waals surface area (Å²) in [4.78, 5) is 23.2. The Morgan fingerprint density at radius 2 is 1.90 bits per heavy atom. The average Bonchev–Trinajstić information content (AvgIpc) is 2.55. The molecule has 0 saturated carbocycles. The minimum Gasteiger partial charge on any atom is -0.306 e. The van der Waals surface area contributed by atoms with Crippen LogP contribution in [0.5, 0.6) is 0 Å². The highest BCUT2D eigenvalue weighted by atomic mass is 16.1. The molecule has 0 aliphatic carbocycles. The van der Waals surface area contributed by atoms with E-state index in [2.05, 4.69) is 21.0 Å². The van der Waals surface area contributed by atoms with Crippen molar-refractivity contribution in [3.63, 3.8) is 0 Å². The van der Waals surface area contributed by atoms with Gasteiger partial charge in [-0.2, -0.15) is 5.26 Å². The van der Waals surface area contributed by atoms with E-state index in [1.165, 1.54) is 6.20 Å². The van der Waals surface area contributed by atoms with E-state index < -0.39 is 0 Å². The Morgan fingerprint density at radius 3 is 2.62 bits per heavy atom. The average molecular weight is 274 g/mol. The number of hydrogen-bond donors (Lipinski definition) is 1. The van der Waals surface area contributed by atoms with Crippen molar-refractivity contribution in [2.24, 2.45) is 0 Å². The molecular weight excluding hydrogens is 264 g/mol. The number of nitriles is 1. The lowest BCUT2D eigenvalue weighted by molar-refractivity contribution is 1.13. The standard InChI is InChI=1S/C16H10N4O/c17-9-11-2-1-3-13(8-11)14-10-19-15(20-16(14)21)12-4-6-18-7-5-12/h1-8,10H,(H,19,20,21). The SMILES string of the molecule is N#Cc1cccc(-c2cnc(-c3ccncc3)[nH]c2=O)c1. The number of nitrogens with one attached hydrogen (secondary N) is 1. The number of pyridine rings is 1. The highest BCUT2D eigenvalue weighted by Crippen LogP contribution is 2.17. The van der Waals surface area contributed by atoms with Crippen LogP contribution in [0.3, 0.4) is 0 Å². The topological polar surface area (TPSA) is 82.4 Å². The van der Waals surface area contributed by atoms with E-state index in [0.717, 1.165) is 5.56 Å². The molecule has 1 N–H and O–H groups in total. The summed E-state index contributed by atoms with van der Waals surface area (Å²) >= 11 is 0. The first kappa shape index (κ1) is 12.8. The predicted molar refractivity (Wildman–Crippen MR) is 78.2 cm³/mol. The third-order valence-electron chi connectivity index (χ3n) is 3.06. The highest BCUT2D eigenvalue weighted by Gasteiger charge is 2.07. The van der Waals surface area contributed by atoms with E-state index >= 15 is 0 Å². The minimum absolute atomic E-state index is 0.244. The van der Waals surface area contributed by atoms with Crippen LogP contribution in [0.4, 0.5) is 0 Å². The van der Waals surface area contributed by atoms with Crippen LogP contribution in [0, 0.1) is 11.3 Å². The zero-order valence-corrected chi connectivity index (χ0v) is 10.9. The van der Waals surface area contributed by atoms with Crippen LogP contribution in [0.15, 0.2) is 59.8 Å². The Kier molecular flexibility index (Phi) is 3.27. The number of aromatic nitrogens is 3. The fourth-order valence-electron chi connectivity index (χ4n) is 2.01. The van der Waals surface area contributed by atoms with Gasteiger partial charge in [0.05, 0.1) is 17.2 Å². The summed E-state index contributed by atoms with van der Waals surface area (Å²) in [6.45, 7) is 0. The summed E-state index contributed by atoms with van der Waals surface area (Å²) in [6.07, 6.45) is 4.80. The van der Waals surface area contributed by atoms with Crippen LogP contribution in [-0.2, 0) is 0 Å². The Morgan fingerprint density at radius 1 is 1.10 bits per heavy atom. The Labute approximate surface area is 120 Å². The fraction of sp³-hybridized carbons (Fsp3) is 0. The molecule has 0 unspecified atom stereocenters. The second-order valence-electron chi connectivity index (χ2n) is 4.40. The minimum atomic E-state index is -0.244. The van der Waals surface area contributed by atoms with Crippen molar-refractivity contribution in [2.45, 2.75) is 0 Å². The monoisotopic (exact) mass is 274 g/mol. The summed E-state index contributed by atoms with van der Waals surface area (Å²) in [5.41, 5.74) is 2.16. The molecule has 0 aliphatic rings. The zero-order valence-electron chi connectivity index (χ0n) is 10.9. The first-order chi connectivity index (χ1) is 10.3. The number of aromatic amines is 1. The van der Waals surface area contributed by atoms with E-state index in [1.54, 1.807) is 48.8 Å². The van der Waals surface area contributed by atoms with E-state index in [-0.39, 0.29) is 5.56 Å². The Hall–Kier alpha value is -3.26. The lowest BCUT2D eigenvalue weighted by atomic mass is 10.1. The van der Waals surface area contributed by atoms with Gasteiger partial charge >= 0.3 is 0 Å². The van der Waals surface area contributed by atoms with Crippen molar-refractivity contribution < 1.29 is 0 Å². The molecule has 0 aliphatic heterocycles. The molecule has 2 aromatic heterocycles. The normalized spacial score (nSPS) is 10.0. The van der Waals surface area contributed by atoms with Gasteiger partial charge in [0.25, 0.3) is 5.56 Å². The van der Waals surface area contributed by atoms with Gasteiger partial charge in [0.15, 0.2) is 0 Å². The summed E-state index contributed by atoms with van der Waals surface area (Å²) < 4.78 is 0. The maximum Gasteiger partial charge on any atom is 0.259 e. The van der Waals surface area contributed by atoms with Crippen molar-refractivity contribution in [1.29, 1.82) is 5.26 Å². The molecule has 0 bridgehead atoms. The number of H-pyrrole nitrogens is 1. The molecule has 0 fully saturated rings. The summed E-state index contributed by atoms with van der Waals surface area (Å²) in [6, 6.07) is 12.5. The molecule has 5 heteroatoms. The molecule has 3 rings (SSSR count). The van der Waals surface area contributed by atoms with Crippen molar-refractivity contribution in [3.05, 3.63) is 70.9 Å². The molecule has 0 amide bonds. The lowest BCUT2D eigenvalue weighted by Gasteiger charge is -2.03. The molecule has 2 heterocycles. The molecular formula is C16H10N4O. The van der Waals surface area contributed by atoms with Gasteiger partial charge in [-0.25, -0.2) is 4.98 Å². The molecule has 21 heavy (non-hydrogen) atoms. The summed E-state index contributed by atoms with van der Waals surface area (Å²) in [7, 11) is 0. The molecule has 1 aromatic carbocycles. The third-order valence-corrected chi connectivity index (χ3v) is 3.06. The fourth-order valence-corrected chi connectivity index (χ4v) is 2.01. The van der Waals surface area contributed by atoms with E-state index in [4.69, 9.17) is 5.26 Å². The number of benzene rings is 1. The molecule has 0 radical (unpaired) electrons. The van der Waals surface area contributed by atoms with Gasteiger partial charge < -0.3 is 4.98 Å². The number of rotatable bonds is 2. The maximum absolute atomic E-state index is 12.2. The smallest absolute Gasteiger partial charge is 0.259 e. The van der Waals surface area contributed by atoms with Crippen molar-refractivity contribution >= 4 is 0 Å². The first-order valence-corrected chi connectivity index (χ1v) is 6.28. The van der Waals surface area contributed by atoms with E-state index in [0.29, 0.717) is 22.5 Å². The van der Waals surface area contributed by atoms with E-state index in [1.807, 2.05) is 0 Å². The quantitative estimate of drug-likeness (QED) is 0.777. The first-order valence-electron chi connectivity index (χ1n) is 6.28. The van der Waals surface area contributed by atoms with E-state index in [9.17, 15) is 4.79 Å². The van der Waals surface area contributed by atoms with Crippen molar-refractivity contribution in [2.75, 3.05) is 0 Å². The van der Waals surface area contributed by atoms with Crippen LogP contribution in [-0.4, -0.2) is 15.0 Å². The van der Waals surface area contributed by atoms with Gasteiger partial charge in [0, 0.05) is 24.2 Å². The van der Waals surface area contributed by atoms with Crippen molar-refractivity contribution in [3.8, 4) is 28.6 Å². The molecule has 5 nitrogen and oxygen atoms in total. The van der Waals surface area contributed by atoms with Crippen LogP contribution >= 0.6 is 0 Å². The molecule has 0 saturated heterocycles. The van der Waals surface area contributed by atoms with Gasteiger partial charge in [-0.3, -0.25) is 9.78 Å². The van der Waals surface area contributed by atoms with Gasteiger partial charge in [0.1, 0.15) is 5.82 Å². The second kappa shape index (κ2) is 5.39. The largest absolute Gasteiger partial charge is 0.306 e. The number of nitrogens with zero attached hydrogens (tertiary/aromatic N) is 3. The predicted octanol–water partition coefficient (Wildman–Crippen LogP) is 2.37. The van der Waals surface area contributed by atoms with Gasteiger partial charge in [0.2, 0.25) is 0 Å². The molecule has 3 aromatic rings. The second-order valence-corrected chi connectivity index (χ2v) is 4.40. The highest BCUT2D eigenvalue weighted by molar-refractivity contribution is 5.65. The van der Waals surface area contributed by atoms with Crippen LogP contribution in [0.2, 0.25) is 0 Å². The molecule has 0 atom stereocenters. The number of hydrogen-bond acceptors (Lipinski definition) is 4. The van der Waals surface area contributed by atoms with Gasteiger partial charge in [-0.15, -0.1) is 0 Å². The third kappa shape index (κ3) is 2.55. The van der Waals surface area contributed by atoms with Crippen LogP contribution < -0.4 is 5.56 Å². The van der Waals surface area contributed by atoms with Gasteiger partial charge in [-0.1, -0.05) is 12.1 Å². The van der Waals surface area contributed by atoms with Gasteiger partial charge in [-0.05, 0) is 29.8 Å². The van der Waals surface area contributed by atoms with Crippen LogP contribution in [0.25, 0.3) is 22.5 Å². The lowest BCUT2D eigenvalue weighted by Crippen LogP contribution is -2.11. The van der Waals surface area contributed by atoms with Crippen molar-refractivity contribution in [1.82, 2.24) is 15.0 Å². The Bertz CT molecular complexity index is 879. The zero-order chi connectivity index (χ0) is 14.7. The molecule has 100 valence electrons. The molecule has 0 spiro atoms. The summed E-state index contributed by atoms with van der Waals surface area (Å²) in [5.74, 6) is 0.489.